The Hall–Kier alpha value is -0.730. The van der Waals surface area contributed by atoms with E-state index < -0.39 is 0 Å². The Balaban J connectivity index is 2.15. The minimum atomic E-state index is 1.31. The van der Waals surface area contributed by atoms with E-state index in [0.29, 0.717) is 0 Å². The van der Waals surface area contributed by atoms with Gasteiger partial charge < -0.3 is 0 Å². The average molecular weight is 206 g/mol. The van der Waals surface area contributed by atoms with Crippen molar-refractivity contribution in [2.24, 2.45) is 0 Å². The van der Waals surface area contributed by atoms with Gasteiger partial charge in [0.25, 0.3) is 0 Å². The molecule has 2 heteroatoms. The minimum Gasteiger partial charge on any atom is -0.151 e. The summed E-state index contributed by atoms with van der Waals surface area (Å²) in [4.78, 5) is 2.64. The molecule has 66 valence electrons. The molecule has 1 aromatic heterocycles. The summed E-state index contributed by atoms with van der Waals surface area (Å²) in [6.07, 6.45) is 0. The van der Waals surface area contributed by atoms with Crippen molar-refractivity contribution in [1.29, 1.82) is 0 Å². The maximum Gasteiger partial charge on any atom is 0.0229 e. The highest BCUT2D eigenvalue weighted by Gasteiger charge is 1.96. The van der Waals surface area contributed by atoms with Gasteiger partial charge in [0, 0.05) is 15.2 Å². The van der Waals surface area contributed by atoms with Crippen molar-refractivity contribution in [2.45, 2.75) is 16.7 Å². The molecule has 0 saturated heterocycles. The first kappa shape index (κ1) is 8.85. The lowest BCUT2D eigenvalue weighted by Gasteiger charge is -1.98. The SMILES string of the molecule is Cc1ccc(Sc2ccsc2)cc1. The third-order valence-corrected chi connectivity index (χ3v) is 3.58. The molecule has 1 heterocycles. The molecule has 0 bridgehead atoms. The number of thiophene rings is 1. The quantitative estimate of drug-likeness (QED) is 0.709. The Labute approximate surface area is 86.6 Å². The number of hydrogen-bond acceptors (Lipinski definition) is 2. The highest BCUT2D eigenvalue weighted by molar-refractivity contribution is 7.99. The maximum absolute atomic E-state index is 2.17. The third-order valence-electron chi connectivity index (χ3n) is 1.75. The molecule has 0 aliphatic heterocycles. The van der Waals surface area contributed by atoms with E-state index in [9.17, 15) is 0 Å². The van der Waals surface area contributed by atoms with Crippen LogP contribution in [-0.2, 0) is 0 Å². The molecule has 0 saturated carbocycles. The molecule has 13 heavy (non-hydrogen) atoms. The third kappa shape index (κ3) is 2.36. The maximum atomic E-state index is 2.17. The van der Waals surface area contributed by atoms with Crippen LogP contribution >= 0.6 is 23.1 Å². The number of hydrogen-bond donors (Lipinski definition) is 0. The molecule has 2 aromatic rings. The molecule has 1 aromatic carbocycles. The first-order valence-electron chi connectivity index (χ1n) is 4.11. The molecule has 0 N–H and O–H groups in total. The molecule has 0 amide bonds. The fraction of sp³-hybridized carbons (Fsp3) is 0.0909. The van der Waals surface area contributed by atoms with E-state index in [2.05, 4.69) is 48.0 Å². The predicted molar refractivity (Wildman–Crippen MR) is 59.6 cm³/mol. The van der Waals surface area contributed by atoms with Crippen LogP contribution in [0.3, 0.4) is 0 Å². The Kier molecular flexibility index (Phi) is 2.71. The van der Waals surface area contributed by atoms with Gasteiger partial charge in [-0.15, -0.1) is 0 Å². The van der Waals surface area contributed by atoms with E-state index in [-0.39, 0.29) is 0 Å². The van der Waals surface area contributed by atoms with Gasteiger partial charge in [-0.2, -0.15) is 11.3 Å². The molecule has 0 aliphatic carbocycles. The molecular weight excluding hydrogens is 196 g/mol. The first-order valence-corrected chi connectivity index (χ1v) is 5.87. The fourth-order valence-electron chi connectivity index (χ4n) is 1.05. The number of rotatable bonds is 2. The molecule has 0 radical (unpaired) electrons. The van der Waals surface area contributed by atoms with E-state index in [1.807, 2.05) is 11.8 Å². The van der Waals surface area contributed by atoms with Crippen LogP contribution in [0.25, 0.3) is 0 Å². The lowest BCUT2D eigenvalue weighted by molar-refractivity contribution is 1.37. The highest BCUT2D eigenvalue weighted by atomic mass is 32.2. The summed E-state index contributed by atoms with van der Waals surface area (Å²) in [5.74, 6) is 0. The lowest BCUT2D eigenvalue weighted by atomic mass is 10.2. The molecule has 0 atom stereocenters. The summed E-state index contributed by atoms with van der Waals surface area (Å²) in [7, 11) is 0. The second-order valence-corrected chi connectivity index (χ2v) is 4.80. The van der Waals surface area contributed by atoms with Gasteiger partial charge in [-0.05, 0) is 30.5 Å². The Bertz CT molecular complexity index is 359. The van der Waals surface area contributed by atoms with Crippen LogP contribution in [0.4, 0.5) is 0 Å². The van der Waals surface area contributed by atoms with Gasteiger partial charge in [0.1, 0.15) is 0 Å². The summed E-state index contributed by atoms with van der Waals surface area (Å²) in [5.41, 5.74) is 1.31. The van der Waals surface area contributed by atoms with Crippen LogP contribution in [0.2, 0.25) is 0 Å². The number of benzene rings is 1. The molecule has 0 fully saturated rings. The van der Waals surface area contributed by atoms with Gasteiger partial charge in [-0.1, -0.05) is 29.5 Å². The number of aryl methyl sites for hydroxylation is 1. The second kappa shape index (κ2) is 3.99. The standard InChI is InChI=1S/C11H10S2/c1-9-2-4-10(5-3-9)13-11-6-7-12-8-11/h2-8H,1H3. The van der Waals surface area contributed by atoms with Crippen molar-refractivity contribution in [3.05, 3.63) is 46.7 Å². The Morgan fingerprint density at radius 1 is 1.00 bits per heavy atom. The summed E-state index contributed by atoms with van der Waals surface area (Å²) < 4.78 is 0. The molecule has 0 nitrogen and oxygen atoms in total. The van der Waals surface area contributed by atoms with Gasteiger partial charge in [-0.25, -0.2) is 0 Å². The van der Waals surface area contributed by atoms with Crippen LogP contribution in [0.1, 0.15) is 5.56 Å². The molecule has 0 spiro atoms. The monoisotopic (exact) mass is 206 g/mol. The average Bonchev–Trinajstić information content (AvgIpc) is 2.62. The van der Waals surface area contributed by atoms with Crippen molar-refractivity contribution < 1.29 is 0 Å². The Morgan fingerprint density at radius 2 is 1.77 bits per heavy atom. The summed E-state index contributed by atoms with van der Waals surface area (Å²) >= 11 is 3.55. The highest BCUT2D eigenvalue weighted by Crippen LogP contribution is 2.29. The molecule has 0 unspecified atom stereocenters. The predicted octanol–water partition coefficient (Wildman–Crippen LogP) is 4.21. The largest absolute Gasteiger partial charge is 0.151 e. The van der Waals surface area contributed by atoms with Crippen molar-refractivity contribution >= 4 is 23.1 Å². The van der Waals surface area contributed by atoms with E-state index in [1.54, 1.807) is 11.3 Å². The summed E-state index contributed by atoms with van der Waals surface area (Å²) in [5, 5.41) is 4.28. The van der Waals surface area contributed by atoms with Crippen molar-refractivity contribution in [2.75, 3.05) is 0 Å². The van der Waals surface area contributed by atoms with Crippen LogP contribution in [0.5, 0.6) is 0 Å². The van der Waals surface area contributed by atoms with E-state index >= 15 is 0 Å². The zero-order chi connectivity index (χ0) is 9.10. The van der Waals surface area contributed by atoms with Crippen molar-refractivity contribution in [1.82, 2.24) is 0 Å². The van der Waals surface area contributed by atoms with Gasteiger partial charge in [0.05, 0.1) is 0 Å². The molecular formula is C11H10S2. The Morgan fingerprint density at radius 3 is 2.38 bits per heavy atom. The summed E-state index contributed by atoms with van der Waals surface area (Å²) in [6.45, 7) is 2.11. The summed E-state index contributed by atoms with van der Waals surface area (Å²) in [6, 6.07) is 10.8. The fourth-order valence-corrected chi connectivity index (χ4v) is 2.69. The van der Waals surface area contributed by atoms with Gasteiger partial charge in [0.15, 0.2) is 0 Å². The minimum absolute atomic E-state index is 1.31. The van der Waals surface area contributed by atoms with Crippen LogP contribution in [-0.4, -0.2) is 0 Å². The van der Waals surface area contributed by atoms with E-state index in [1.165, 1.54) is 15.4 Å². The normalized spacial score (nSPS) is 10.2. The zero-order valence-electron chi connectivity index (χ0n) is 7.36. The van der Waals surface area contributed by atoms with Crippen LogP contribution < -0.4 is 0 Å². The lowest BCUT2D eigenvalue weighted by Crippen LogP contribution is -1.72. The van der Waals surface area contributed by atoms with Gasteiger partial charge in [0.2, 0.25) is 0 Å². The first-order chi connectivity index (χ1) is 6.34. The van der Waals surface area contributed by atoms with E-state index in [0.717, 1.165) is 0 Å². The topological polar surface area (TPSA) is 0 Å². The van der Waals surface area contributed by atoms with Crippen molar-refractivity contribution in [3.63, 3.8) is 0 Å². The van der Waals surface area contributed by atoms with Crippen LogP contribution in [0, 0.1) is 6.92 Å². The smallest absolute Gasteiger partial charge is 0.0229 e. The van der Waals surface area contributed by atoms with E-state index in [4.69, 9.17) is 0 Å². The van der Waals surface area contributed by atoms with Crippen molar-refractivity contribution in [3.8, 4) is 0 Å². The molecule has 0 aliphatic rings. The van der Waals surface area contributed by atoms with Gasteiger partial charge in [-0.3, -0.25) is 0 Å². The molecule has 2 rings (SSSR count). The second-order valence-electron chi connectivity index (χ2n) is 2.87. The van der Waals surface area contributed by atoms with Gasteiger partial charge >= 0.3 is 0 Å². The zero-order valence-corrected chi connectivity index (χ0v) is 8.99. The van der Waals surface area contributed by atoms with Crippen LogP contribution in [0.15, 0.2) is 50.9 Å².